The first-order chi connectivity index (χ1) is 8.58. The van der Waals surface area contributed by atoms with Gasteiger partial charge >= 0.3 is 0 Å². The summed E-state index contributed by atoms with van der Waals surface area (Å²) in [6.45, 7) is 1.85. The molecule has 0 N–H and O–H groups in total. The fraction of sp³-hybridized carbons (Fsp3) is 0.538. The number of rotatable bonds is 3. The Kier molecular flexibility index (Phi) is 4.19. The van der Waals surface area contributed by atoms with E-state index in [2.05, 4.69) is 16.9 Å². The Balaban J connectivity index is 2.00. The summed E-state index contributed by atoms with van der Waals surface area (Å²) in [5, 5.41) is 0.541. The van der Waals surface area contributed by atoms with Crippen LogP contribution in [0.2, 0.25) is 5.02 Å². The van der Waals surface area contributed by atoms with Crippen LogP contribution in [-0.4, -0.2) is 53.9 Å². The van der Waals surface area contributed by atoms with E-state index in [1.54, 1.807) is 23.2 Å². The molecule has 0 aliphatic carbocycles. The van der Waals surface area contributed by atoms with E-state index in [4.69, 9.17) is 11.6 Å². The molecule has 1 saturated heterocycles. The molecule has 0 bridgehead atoms. The van der Waals surface area contributed by atoms with E-state index in [1.165, 1.54) is 6.42 Å². The first kappa shape index (κ1) is 13.3. The van der Waals surface area contributed by atoms with Gasteiger partial charge in [-0.1, -0.05) is 11.6 Å². The number of carbonyl (C=O) groups is 1. The lowest BCUT2D eigenvalue weighted by atomic mass is 10.2. The lowest BCUT2D eigenvalue weighted by molar-refractivity contribution is 0.0756. The maximum atomic E-state index is 12.2. The quantitative estimate of drug-likeness (QED) is 0.839. The first-order valence-corrected chi connectivity index (χ1v) is 6.53. The molecule has 5 heteroatoms. The molecule has 1 aromatic heterocycles. The highest BCUT2D eigenvalue weighted by atomic mass is 35.5. The number of nitrogens with zero attached hydrogens (tertiary/aromatic N) is 3. The molecule has 0 spiro atoms. The van der Waals surface area contributed by atoms with Gasteiger partial charge in [-0.25, -0.2) is 0 Å². The van der Waals surface area contributed by atoms with E-state index in [0.29, 0.717) is 16.8 Å². The summed E-state index contributed by atoms with van der Waals surface area (Å²) in [7, 11) is 3.92. The number of pyridine rings is 1. The fourth-order valence-electron chi connectivity index (χ4n) is 2.33. The van der Waals surface area contributed by atoms with Gasteiger partial charge in [-0.2, -0.15) is 0 Å². The van der Waals surface area contributed by atoms with E-state index >= 15 is 0 Å². The van der Waals surface area contributed by atoms with Gasteiger partial charge in [-0.15, -0.1) is 0 Å². The van der Waals surface area contributed by atoms with Crippen molar-refractivity contribution in [1.82, 2.24) is 14.8 Å². The molecule has 2 heterocycles. The molecule has 0 aromatic carbocycles. The Hall–Kier alpha value is -1.13. The summed E-state index contributed by atoms with van der Waals surface area (Å²) in [4.78, 5) is 20.3. The zero-order valence-electron chi connectivity index (χ0n) is 10.8. The summed E-state index contributed by atoms with van der Waals surface area (Å²) in [5.74, 6) is -0.0715. The Labute approximate surface area is 113 Å². The molecule has 1 aromatic rings. The maximum absolute atomic E-state index is 12.2. The highest BCUT2D eigenvalue weighted by molar-refractivity contribution is 6.30. The van der Waals surface area contributed by atoms with Crippen LogP contribution in [0.25, 0.3) is 0 Å². The van der Waals surface area contributed by atoms with E-state index in [-0.39, 0.29) is 5.91 Å². The standard InChI is InChI=1S/C13H18ClN3O/c1-16-7-3-4-11(16)9-17(2)13(18)12-8-10(14)5-6-15-12/h5-6,8,11H,3-4,7,9H2,1-2H3. The third kappa shape index (κ3) is 3.00. The minimum atomic E-state index is -0.0715. The molecule has 1 fully saturated rings. The summed E-state index contributed by atoms with van der Waals surface area (Å²) in [5.41, 5.74) is 0.408. The average Bonchev–Trinajstić information content (AvgIpc) is 2.74. The summed E-state index contributed by atoms with van der Waals surface area (Å²) in [6.07, 6.45) is 3.92. The molecule has 0 saturated carbocycles. The van der Waals surface area contributed by atoms with E-state index in [9.17, 15) is 4.79 Å². The van der Waals surface area contributed by atoms with Crippen molar-refractivity contribution in [3.05, 3.63) is 29.0 Å². The monoisotopic (exact) mass is 267 g/mol. The predicted molar refractivity (Wildman–Crippen MR) is 71.9 cm³/mol. The molecule has 1 atom stereocenters. The number of amides is 1. The van der Waals surface area contributed by atoms with Gasteiger partial charge in [0.05, 0.1) is 0 Å². The Morgan fingerprint density at radius 2 is 2.44 bits per heavy atom. The van der Waals surface area contributed by atoms with Crippen molar-refractivity contribution in [3.8, 4) is 0 Å². The molecule has 18 heavy (non-hydrogen) atoms. The van der Waals surface area contributed by atoms with Crippen molar-refractivity contribution in [3.63, 3.8) is 0 Å². The summed E-state index contributed by atoms with van der Waals surface area (Å²) in [6, 6.07) is 3.74. The minimum absolute atomic E-state index is 0.0715. The van der Waals surface area contributed by atoms with Crippen molar-refractivity contribution in [2.24, 2.45) is 0 Å². The fourth-order valence-corrected chi connectivity index (χ4v) is 2.49. The average molecular weight is 268 g/mol. The Morgan fingerprint density at radius 3 is 3.06 bits per heavy atom. The first-order valence-electron chi connectivity index (χ1n) is 6.15. The topological polar surface area (TPSA) is 36.4 Å². The van der Waals surface area contributed by atoms with Crippen LogP contribution in [0.4, 0.5) is 0 Å². The summed E-state index contributed by atoms with van der Waals surface area (Å²) < 4.78 is 0. The molecule has 2 rings (SSSR count). The van der Waals surface area contributed by atoms with Crippen LogP contribution in [0, 0.1) is 0 Å². The third-order valence-electron chi connectivity index (χ3n) is 3.44. The molecule has 1 unspecified atom stereocenters. The van der Waals surface area contributed by atoms with Crippen LogP contribution in [0.1, 0.15) is 23.3 Å². The zero-order chi connectivity index (χ0) is 13.1. The maximum Gasteiger partial charge on any atom is 0.272 e. The number of halogens is 1. The highest BCUT2D eigenvalue weighted by Crippen LogP contribution is 2.16. The number of hydrogen-bond donors (Lipinski definition) is 0. The molecule has 1 aliphatic heterocycles. The molecule has 0 radical (unpaired) electrons. The van der Waals surface area contributed by atoms with Crippen LogP contribution in [-0.2, 0) is 0 Å². The van der Waals surface area contributed by atoms with Gasteiger partial charge in [-0.3, -0.25) is 9.78 Å². The van der Waals surface area contributed by atoms with Crippen LogP contribution in [0.15, 0.2) is 18.3 Å². The zero-order valence-corrected chi connectivity index (χ0v) is 11.5. The molecule has 1 amide bonds. The van der Waals surface area contributed by atoms with E-state index in [0.717, 1.165) is 19.5 Å². The highest BCUT2D eigenvalue weighted by Gasteiger charge is 2.24. The summed E-state index contributed by atoms with van der Waals surface area (Å²) >= 11 is 5.87. The van der Waals surface area contributed by atoms with E-state index < -0.39 is 0 Å². The smallest absolute Gasteiger partial charge is 0.272 e. The number of carbonyl (C=O) groups excluding carboxylic acids is 1. The van der Waals surface area contributed by atoms with Crippen LogP contribution < -0.4 is 0 Å². The molecule has 1 aliphatic rings. The van der Waals surface area contributed by atoms with Gasteiger partial charge in [-0.05, 0) is 38.6 Å². The lowest BCUT2D eigenvalue weighted by Gasteiger charge is -2.25. The van der Waals surface area contributed by atoms with Gasteiger partial charge in [0.1, 0.15) is 5.69 Å². The van der Waals surface area contributed by atoms with Crippen molar-refractivity contribution < 1.29 is 4.79 Å². The van der Waals surface area contributed by atoms with Crippen LogP contribution in [0.5, 0.6) is 0 Å². The Morgan fingerprint density at radius 1 is 1.67 bits per heavy atom. The number of likely N-dealkylation sites (N-methyl/N-ethyl adjacent to an activating group) is 2. The van der Waals surface area contributed by atoms with Crippen LogP contribution >= 0.6 is 11.6 Å². The van der Waals surface area contributed by atoms with Gasteiger partial charge in [0.2, 0.25) is 0 Å². The Bertz CT molecular complexity index is 438. The lowest BCUT2D eigenvalue weighted by Crippen LogP contribution is -2.39. The van der Waals surface area contributed by atoms with Crippen LogP contribution in [0.3, 0.4) is 0 Å². The second-order valence-electron chi connectivity index (χ2n) is 4.82. The van der Waals surface area contributed by atoms with Gasteiger partial charge in [0, 0.05) is 30.9 Å². The van der Waals surface area contributed by atoms with Gasteiger partial charge < -0.3 is 9.80 Å². The SMILES string of the molecule is CN(CC1CCCN1C)C(=O)c1cc(Cl)ccn1. The molecule has 4 nitrogen and oxygen atoms in total. The largest absolute Gasteiger partial charge is 0.339 e. The number of hydrogen-bond acceptors (Lipinski definition) is 3. The molecular formula is C13H18ClN3O. The number of aromatic nitrogens is 1. The molecular weight excluding hydrogens is 250 g/mol. The second-order valence-corrected chi connectivity index (χ2v) is 5.26. The molecule has 98 valence electrons. The van der Waals surface area contributed by atoms with Crippen molar-refractivity contribution in [1.29, 1.82) is 0 Å². The predicted octanol–water partition coefficient (Wildman–Crippen LogP) is 1.90. The van der Waals surface area contributed by atoms with Gasteiger partial charge in [0.15, 0.2) is 0 Å². The third-order valence-corrected chi connectivity index (χ3v) is 3.68. The van der Waals surface area contributed by atoms with Crippen molar-refractivity contribution in [2.45, 2.75) is 18.9 Å². The van der Waals surface area contributed by atoms with E-state index in [1.807, 2.05) is 7.05 Å². The minimum Gasteiger partial charge on any atom is -0.339 e. The van der Waals surface area contributed by atoms with Gasteiger partial charge in [0.25, 0.3) is 5.91 Å². The van der Waals surface area contributed by atoms with Crippen molar-refractivity contribution in [2.75, 3.05) is 27.2 Å². The van der Waals surface area contributed by atoms with Crippen molar-refractivity contribution >= 4 is 17.5 Å². The second kappa shape index (κ2) is 5.67. The number of likely N-dealkylation sites (tertiary alicyclic amines) is 1. The normalized spacial score (nSPS) is 20.1.